The number of halogens is 1. The third-order valence-corrected chi connectivity index (χ3v) is 4.88. The summed E-state index contributed by atoms with van der Waals surface area (Å²) in [4.78, 5) is 16.7. The zero-order valence-electron chi connectivity index (χ0n) is 15.7. The van der Waals surface area contributed by atoms with Crippen LogP contribution in [0.1, 0.15) is 27.6 Å². The average molecular weight is 385 g/mol. The Kier molecular flexibility index (Phi) is 4.86. The number of benzene rings is 1. The van der Waals surface area contributed by atoms with Gasteiger partial charge >= 0.3 is 0 Å². The molecule has 0 bridgehead atoms. The number of aromatic nitrogens is 5. The summed E-state index contributed by atoms with van der Waals surface area (Å²) in [5.74, 6) is 0.852. The molecule has 0 radical (unpaired) electrons. The smallest absolute Gasteiger partial charge is 0.259 e. The Bertz CT molecular complexity index is 955. The molecule has 3 heterocycles. The van der Waals surface area contributed by atoms with Crippen LogP contribution < -0.4 is 0 Å². The van der Waals surface area contributed by atoms with Crippen LogP contribution in [-0.4, -0.2) is 67.2 Å². The fourth-order valence-electron chi connectivity index (χ4n) is 3.34. The van der Waals surface area contributed by atoms with Crippen molar-refractivity contribution in [3.63, 3.8) is 0 Å². The molecule has 0 aliphatic carbocycles. The number of hydrogen-bond acceptors (Lipinski definition) is 7. The van der Waals surface area contributed by atoms with Gasteiger partial charge < -0.3 is 9.42 Å². The zero-order valence-corrected chi connectivity index (χ0v) is 15.7. The molecule has 146 valence electrons. The van der Waals surface area contributed by atoms with Crippen LogP contribution in [-0.2, 0) is 6.54 Å². The second-order valence-corrected chi connectivity index (χ2v) is 6.75. The molecule has 0 unspecified atom stereocenters. The summed E-state index contributed by atoms with van der Waals surface area (Å²) >= 11 is 0. The van der Waals surface area contributed by atoms with Crippen LogP contribution in [0.3, 0.4) is 0 Å². The van der Waals surface area contributed by atoms with Gasteiger partial charge in [-0.05, 0) is 48.5 Å². The number of piperazine rings is 1. The van der Waals surface area contributed by atoms with E-state index in [0.29, 0.717) is 61.3 Å². The van der Waals surface area contributed by atoms with Crippen LogP contribution in [0.25, 0.3) is 5.69 Å². The molecule has 0 N–H and O–H groups in total. The van der Waals surface area contributed by atoms with E-state index in [-0.39, 0.29) is 11.7 Å². The topological polar surface area (TPSA) is 93.2 Å². The van der Waals surface area contributed by atoms with Gasteiger partial charge in [-0.25, -0.2) is 4.39 Å². The molecule has 1 saturated heterocycles. The van der Waals surface area contributed by atoms with E-state index in [1.807, 2.05) is 4.90 Å². The second kappa shape index (κ2) is 7.47. The number of tetrazole rings is 1. The summed E-state index contributed by atoms with van der Waals surface area (Å²) in [6.07, 6.45) is 0. The monoisotopic (exact) mass is 385 g/mol. The average Bonchev–Trinajstić information content (AvgIpc) is 3.29. The van der Waals surface area contributed by atoms with E-state index in [1.165, 1.54) is 12.1 Å². The molecule has 1 fully saturated rings. The molecule has 1 amide bonds. The molecule has 1 aliphatic heterocycles. The predicted molar refractivity (Wildman–Crippen MR) is 96.3 cm³/mol. The van der Waals surface area contributed by atoms with Gasteiger partial charge in [0.15, 0.2) is 5.82 Å². The molecule has 10 heteroatoms. The van der Waals surface area contributed by atoms with Crippen LogP contribution in [0.2, 0.25) is 0 Å². The highest BCUT2D eigenvalue weighted by atomic mass is 19.1. The van der Waals surface area contributed by atoms with Gasteiger partial charge in [0.05, 0.1) is 17.9 Å². The van der Waals surface area contributed by atoms with Crippen molar-refractivity contribution in [2.45, 2.75) is 20.4 Å². The van der Waals surface area contributed by atoms with Crippen molar-refractivity contribution in [3.05, 3.63) is 52.9 Å². The second-order valence-electron chi connectivity index (χ2n) is 6.75. The Hall–Kier alpha value is -3.14. The first-order valence-corrected chi connectivity index (χ1v) is 9.00. The van der Waals surface area contributed by atoms with Crippen LogP contribution in [0.4, 0.5) is 4.39 Å². The Labute approximate surface area is 160 Å². The number of carbonyl (C=O) groups is 1. The number of aryl methyl sites for hydroxylation is 2. The third-order valence-electron chi connectivity index (χ3n) is 4.88. The van der Waals surface area contributed by atoms with Gasteiger partial charge in [-0.1, -0.05) is 5.16 Å². The lowest BCUT2D eigenvalue weighted by Crippen LogP contribution is -2.48. The maximum atomic E-state index is 13.1. The minimum atomic E-state index is -0.308. The molecule has 0 saturated carbocycles. The minimum Gasteiger partial charge on any atom is -0.361 e. The quantitative estimate of drug-likeness (QED) is 0.669. The maximum Gasteiger partial charge on any atom is 0.259 e. The Morgan fingerprint density at radius 3 is 2.50 bits per heavy atom. The van der Waals surface area contributed by atoms with Crippen LogP contribution in [0, 0.1) is 19.7 Å². The van der Waals surface area contributed by atoms with Crippen LogP contribution in [0.5, 0.6) is 0 Å². The van der Waals surface area contributed by atoms with Crippen molar-refractivity contribution in [1.82, 2.24) is 35.2 Å². The summed E-state index contributed by atoms with van der Waals surface area (Å²) in [6.45, 7) is 6.66. The summed E-state index contributed by atoms with van der Waals surface area (Å²) in [6, 6.07) is 6.02. The SMILES string of the molecule is Cc1noc(C)c1C(=O)N1CCN(Cc2nnnn2-c2ccc(F)cc2)CC1. The molecule has 1 aliphatic rings. The number of carbonyl (C=O) groups excluding carboxylic acids is 1. The highest BCUT2D eigenvalue weighted by Crippen LogP contribution is 2.17. The normalized spacial score (nSPS) is 15.2. The molecular weight excluding hydrogens is 365 g/mol. The Morgan fingerprint density at radius 2 is 1.86 bits per heavy atom. The summed E-state index contributed by atoms with van der Waals surface area (Å²) < 4.78 is 19.8. The van der Waals surface area contributed by atoms with E-state index in [0.717, 1.165) is 0 Å². The van der Waals surface area contributed by atoms with Gasteiger partial charge in [0.1, 0.15) is 17.1 Å². The van der Waals surface area contributed by atoms with Crippen molar-refractivity contribution < 1.29 is 13.7 Å². The first-order chi connectivity index (χ1) is 13.5. The first-order valence-electron chi connectivity index (χ1n) is 9.00. The number of nitrogens with zero attached hydrogens (tertiary/aromatic N) is 7. The summed E-state index contributed by atoms with van der Waals surface area (Å²) in [7, 11) is 0. The minimum absolute atomic E-state index is 0.0490. The van der Waals surface area contributed by atoms with Crippen molar-refractivity contribution in [1.29, 1.82) is 0 Å². The molecular formula is C18H20FN7O2. The van der Waals surface area contributed by atoms with E-state index >= 15 is 0 Å². The van der Waals surface area contributed by atoms with Gasteiger partial charge in [0.2, 0.25) is 0 Å². The summed E-state index contributed by atoms with van der Waals surface area (Å²) in [5.41, 5.74) is 1.87. The van der Waals surface area contributed by atoms with Crippen LogP contribution >= 0.6 is 0 Å². The molecule has 4 rings (SSSR count). The lowest BCUT2D eigenvalue weighted by Gasteiger charge is -2.34. The standard InChI is InChI=1S/C18H20FN7O2/c1-12-17(13(2)28-21-12)18(27)25-9-7-24(8-10-25)11-16-20-22-23-26(16)15-5-3-14(19)4-6-15/h3-6H,7-11H2,1-2H3. The Balaban J connectivity index is 1.40. The molecule has 0 spiro atoms. The number of amides is 1. The van der Waals surface area contributed by atoms with E-state index in [4.69, 9.17) is 4.52 Å². The first kappa shape index (κ1) is 18.2. The molecule has 3 aromatic rings. The summed E-state index contributed by atoms with van der Waals surface area (Å²) in [5, 5.41) is 15.7. The molecule has 28 heavy (non-hydrogen) atoms. The molecule has 9 nitrogen and oxygen atoms in total. The molecule has 0 atom stereocenters. The van der Waals surface area contributed by atoms with E-state index < -0.39 is 0 Å². The van der Waals surface area contributed by atoms with Crippen molar-refractivity contribution in [2.24, 2.45) is 0 Å². The largest absolute Gasteiger partial charge is 0.361 e. The molecule has 1 aromatic carbocycles. The maximum absolute atomic E-state index is 13.1. The van der Waals surface area contributed by atoms with E-state index in [1.54, 1.807) is 30.7 Å². The van der Waals surface area contributed by atoms with Crippen molar-refractivity contribution in [2.75, 3.05) is 26.2 Å². The van der Waals surface area contributed by atoms with Gasteiger partial charge in [0.25, 0.3) is 5.91 Å². The van der Waals surface area contributed by atoms with E-state index in [9.17, 15) is 9.18 Å². The van der Waals surface area contributed by atoms with Gasteiger partial charge in [-0.3, -0.25) is 9.69 Å². The lowest BCUT2D eigenvalue weighted by molar-refractivity contribution is 0.0622. The number of hydrogen-bond donors (Lipinski definition) is 0. The highest BCUT2D eigenvalue weighted by Gasteiger charge is 2.27. The Morgan fingerprint density at radius 1 is 1.14 bits per heavy atom. The highest BCUT2D eigenvalue weighted by molar-refractivity contribution is 5.96. The van der Waals surface area contributed by atoms with Gasteiger partial charge in [-0.2, -0.15) is 4.68 Å². The fraction of sp³-hybridized carbons (Fsp3) is 0.389. The lowest BCUT2D eigenvalue weighted by atomic mass is 10.1. The van der Waals surface area contributed by atoms with Gasteiger partial charge in [-0.15, -0.1) is 5.10 Å². The fourth-order valence-corrected chi connectivity index (χ4v) is 3.34. The molecule has 2 aromatic heterocycles. The predicted octanol–water partition coefficient (Wildman–Crippen LogP) is 1.36. The number of rotatable bonds is 4. The van der Waals surface area contributed by atoms with Gasteiger partial charge in [0, 0.05) is 26.2 Å². The van der Waals surface area contributed by atoms with E-state index in [2.05, 4.69) is 25.6 Å². The third kappa shape index (κ3) is 3.50. The van der Waals surface area contributed by atoms with Crippen molar-refractivity contribution in [3.8, 4) is 5.69 Å². The van der Waals surface area contributed by atoms with Crippen molar-refractivity contribution >= 4 is 5.91 Å². The van der Waals surface area contributed by atoms with Crippen LogP contribution in [0.15, 0.2) is 28.8 Å². The zero-order chi connectivity index (χ0) is 19.7.